The SMILES string of the molecule is O=C(O)c1ccc(CNC(=O)C2COc3ccccc3O2)cc1. The van der Waals surface area contributed by atoms with Crippen LogP contribution in [0.5, 0.6) is 11.5 Å². The molecule has 23 heavy (non-hydrogen) atoms. The van der Waals surface area contributed by atoms with Gasteiger partial charge in [-0.05, 0) is 29.8 Å². The van der Waals surface area contributed by atoms with Crippen molar-refractivity contribution in [2.75, 3.05) is 6.61 Å². The second-order valence-electron chi connectivity index (χ2n) is 5.08. The minimum atomic E-state index is -0.980. The molecule has 118 valence electrons. The third-order valence-electron chi connectivity index (χ3n) is 3.47. The van der Waals surface area contributed by atoms with E-state index in [4.69, 9.17) is 14.6 Å². The van der Waals surface area contributed by atoms with Crippen molar-refractivity contribution in [3.8, 4) is 11.5 Å². The number of rotatable bonds is 4. The van der Waals surface area contributed by atoms with E-state index >= 15 is 0 Å². The van der Waals surface area contributed by atoms with Gasteiger partial charge in [0.2, 0.25) is 6.10 Å². The number of carbonyl (C=O) groups excluding carboxylic acids is 1. The smallest absolute Gasteiger partial charge is 0.335 e. The number of benzene rings is 2. The summed E-state index contributed by atoms with van der Waals surface area (Å²) in [6.07, 6.45) is -0.705. The van der Waals surface area contributed by atoms with E-state index in [9.17, 15) is 9.59 Å². The lowest BCUT2D eigenvalue weighted by atomic mass is 10.1. The summed E-state index contributed by atoms with van der Waals surface area (Å²) in [4.78, 5) is 22.9. The van der Waals surface area contributed by atoms with Crippen molar-refractivity contribution in [2.24, 2.45) is 0 Å². The number of nitrogens with one attached hydrogen (secondary N) is 1. The second-order valence-corrected chi connectivity index (χ2v) is 5.08. The highest BCUT2D eigenvalue weighted by Crippen LogP contribution is 2.30. The molecule has 3 rings (SSSR count). The molecular formula is C17H15NO5. The van der Waals surface area contributed by atoms with Crippen LogP contribution in [0.3, 0.4) is 0 Å². The fraction of sp³-hybridized carbons (Fsp3) is 0.176. The molecule has 2 N–H and O–H groups in total. The van der Waals surface area contributed by atoms with Crippen LogP contribution in [-0.2, 0) is 11.3 Å². The van der Waals surface area contributed by atoms with E-state index in [1.165, 1.54) is 12.1 Å². The summed E-state index contributed by atoms with van der Waals surface area (Å²) in [7, 11) is 0. The fourth-order valence-electron chi connectivity index (χ4n) is 2.22. The summed E-state index contributed by atoms with van der Waals surface area (Å²) >= 11 is 0. The van der Waals surface area contributed by atoms with E-state index in [1.807, 2.05) is 12.1 Å². The van der Waals surface area contributed by atoms with Crippen molar-refractivity contribution >= 4 is 11.9 Å². The Morgan fingerprint density at radius 1 is 1.09 bits per heavy atom. The molecule has 0 aromatic heterocycles. The van der Waals surface area contributed by atoms with Crippen molar-refractivity contribution in [3.63, 3.8) is 0 Å². The molecule has 0 radical (unpaired) electrons. The number of aromatic carboxylic acids is 1. The first-order valence-corrected chi connectivity index (χ1v) is 7.12. The monoisotopic (exact) mass is 313 g/mol. The van der Waals surface area contributed by atoms with Gasteiger partial charge < -0.3 is 19.9 Å². The number of carboxylic acids is 1. The Kier molecular flexibility index (Phi) is 4.14. The van der Waals surface area contributed by atoms with Crippen molar-refractivity contribution in [3.05, 3.63) is 59.7 Å². The normalized spacial score (nSPS) is 15.7. The summed E-state index contributed by atoms with van der Waals surface area (Å²) in [6.45, 7) is 0.445. The van der Waals surface area contributed by atoms with E-state index in [0.717, 1.165) is 5.56 Å². The van der Waals surface area contributed by atoms with Crippen molar-refractivity contribution in [2.45, 2.75) is 12.6 Å². The second kappa shape index (κ2) is 6.39. The van der Waals surface area contributed by atoms with Gasteiger partial charge in [-0.1, -0.05) is 24.3 Å². The largest absolute Gasteiger partial charge is 0.485 e. The average molecular weight is 313 g/mol. The summed E-state index contributed by atoms with van der Waals surface area (Å²) in [6, 6.07) is 13.5. The minimum absolute atomic E-state index is 0.154. The molecule has 0 saturated carbocycles. The highest BCUT2D eigenvalue weighted by Gasteiger charge is 2.26. The summed E-state index contributed by atoms with van der Waals surface area (Å²) in [5, 5.41) is 11.6. The van der Waals surface area contributed by atoms with E-state index in [1.54, 1.807) is 24.3 Å². The predicted molar refractivity (Wildman–Crippen MR) is 81.6 cm³/mol. The number of hydrogen-bond donors (Lipinski definition) is 2. The van der Waals surface area contributed by atoms with Crippen molar-refractivity contribution in [1.82, 2.24) is 5.32 Å². The highest BCUT2D eigenvalue weighted by atomic mass is 16.6. The number of carbonyl (C=O) groups is 2. The van der Waals surface area contributed by atoms with Gasteiger partial charge in [-0.15, -0.1) is 0 Å². The van der Waals surface area contributed by atoms with Gasteiger partial charge in [0.1, 0.15) is 6.61 Å². The molecule has 0 bridgehead atoms. The third kappa shape index (κ3) is 3.42. The van der Waals surface area contributed by atoms with Gasteiger partial charge in [-0.2, -0.15) is 0 Å². The van der Waals surface area contributed by atoms with Gasteiger partial charge in [0, 0.05) is 6.54 Å². The topological polar surface area (TPSA) is 84.9 Å². The van der Waals surface area contributed by atoms with Crippen molar-refractivity contribution in [1.29, 1.82) is 0 Å². The molecule has 6 heteroatoms. The first-order chi connectivity index (χ1) is 11.1. The lowest BCUT2D eigenvalue weighted by Gasteiger charge is -2.25. The molecule has 2 aromatic rings. The quantitative estimate of drug-likeness (QED) is 0.899. The average Bonchev–Trinajstić information content (AvgIpc) is 2.59. The molecule has 1 unspecified atom stereocenters. The molecule has 2 aromatic carbocycles. The van der Waals surface area contributed by atoms with E-state index in [0.29, 0.717) is 18.0 Å². The van der Waals surface area contributed by atoms with E-state index < -0.39 is 12.1 Å². The molecule has 1 aliphatic heterocycles. The zero-order chi connectivity index (χ0) is 16.2. The maximum Gasteiger partial charge on any atom is 0.335 e. The first-order valence-electron chi connectivity index (χ1n) is 7.12. The van der Waals surface area contributed by atoms with Gasteiger partial charge in [-0.3, -0.25) is 4.79 Å². The van der Waals surface area contributed by atoms with Crippen LogP contribution in [0, 0.1) is 0 Å². The number of fused-ring (bicyclic) bond motifs is 1. The third-order valence-corrected chi connectivity index (χ3v) is 3.47. The van der Waals surface area contributed by atoms with Crippen LogP contribution in [0.4, 0.5) is 0 Å². The number of hydrogen-bond acceptors (Lipinski definition) is 4. The molecule has 0 spiro atoms. The van der Waals surface area contributed by atoms with Crippen LogP contribution >= 0.6 is 0 Å². The number of carboxylic acid groups (broad SMARTS) is 1. The molecule has 0 fully saturated rings. The summed E-state index contributed by atoms with van der Waals surface area (Å²) in [5.74, 6) is -0.0839. The molecule has 0 saturated heterocycles. The molecule has 0 aliphatic carbocycles. The molecule has 1 aliphatic rings. The van der Waals surface area contributed by atoms with Gasteiger partial charge in [-0.25, -0.2) is 4.79 Å². The minimum Gasteiger partial charge on any atom is -0.485 e. The van der Waals surface area contributed by atoms with Gasteiger partial charge in [0.25, 0.3) is 5.91 Å². The molecule has 6 nitrogen and oxygen atoms in total. The number of ether oxygens (including phenoxy) is 2. The summed E-state index contributed by atoms with van der Waals surface area (Å²) < 4.78 is 11.1. The lowest BCUT2D eigenvalue weighted by molar-refractivity contribution is -0.130. The maximum absolute atomic E-state index is 12.1. The number of para-hydroxylation sites is 2. The molecule has 1 amide bonds. The highest BCUT2D eigenvalue weighted by molar-refractivity contribution is 5.87. The standard InChI is InChI=1S/C17H15NO5/c19-16(15-10-22-13-3-1-2-4-14(13)23-15)18-9-11-5-7-12(8-6-11)17(20)21/h1-8,15H,9-10H2,(H,18,19)(H,20,21). The fourth-order valence-corrected chi connectivity index (χ4v) is 2.22. The Bertz CT molecular complexity index is 726. The van der Waals surface area contributed by atoms with Crippen LogP contribution in [0.25, 0.3) is 0 Å². The number of amides is 1. The summed E-state index contributed by atoms with van der Waals surface area (Å²) in [5.41, 5.74) is 1.01. The zero-order valence-corrected chi connectivity index (χ0v) is 12.2. The van der Waals surface area contributed by atoms with Crippen molar-refractivity contribution < 1.29 is 24.2 Å². The Hall–Kier alpha value is -3.02. The van der Waals surface area contributed by atoms with Gasteiger partial charge in [0.05, 0.1) is 5.56 Å². The van der Waals surface area contributed by atoms with Crippen LogP contribution in [0.2, 0.25) is 0 Å². The van der Waals surface area contributed by atoms with E-state index in [2.05, 4.69) is 5.32 Å². The van der Waals surface area contributed by atoms with Gasteiger partial charge >= 0.3 is 5.97 Å². The Morgan fingerprint density at radius 3 is 2.48 bits per heavy atom. The first kappa shape index (κ1) is 14.9. The molecule has 1 atom stereocenters. The van der Waals surface area contributed by atoms with Crippen LogP contribution in [-0.4, -0.2) is 29.7 Å². The van der Waals surface area contributed by atoms with Crippen LogP contribution in [0.15, 0.2) is 48.5 Å². The molecule has 1 heterocycles. The molecular weight excluding hydrogens is 298 g/mol. The zero-order valence-electron chi connectivity index (χ0n) is 12.2. The lowest BCUT2D eigenvalue weighted by Crippen LogP contribution is -2.43. The van der Waals surface area contributed by atoms with E-state index in [-0.39, 0.29) is 18.1 Å². The Morgan fingerprint density at radius 2 is 1.78 bits per heavy atom. The Balaban J connectivity index is 1.57. The Labute approximate surface area is 132 Å². The predicted octanol–water partition coefficient (Wildman–Crippen LogP) is 1.84. The van der Waals surface area contributed by atoms with Crippen LogP contribution < -0.4 is 14.8 Å². The van der Waals surface area contributed by atoms with Crippen LogP contribution in [0.1, 0.15) is 15.9 Å². The maximum atomic E-state index is 12.1. The van der Waals surface area contributed by atoms with Gasteiger partial charge in [0.15, 0.2) is 11.5 Å².